The summed E-state index contributed by atoms with van der Waals surface area (Å²) in [4.78, 5) is 28.0. The Bertz CT molecular complexity index is 1300. The van der Waals surface area contributed by atoms with E-state index in [9.17, 15) is 9.59 Å². The average molecular weight is 553 g/mol. The highest BCUT2D eigenvalue weighted by Gasteiger charge is 2.24. The van der Waals surface area contributed by atoms with Gasteiger partial charge in [0.15, 0.2) is 11.5 Å². The zero-order chi connectivity index (χ0) is 28.4. The summed E-state index contributed by atoms with van der Waals surface area (Å²) in [5, 5.41) is 11.0. The summed E-state index contributed by atoms with van der Waals surface area (Å²) < 4.78 is 11.7. The number of amides is 2. The lowest BCUT2D eigenvalue weighted by Gasteiger charge is -2.22. The standard InChI is InChI=1S/C28H33ClN6O4/c1-4-38-24-17-19(11-14-23(24)39-16-15-35(2)3)25(32-20-12-9-18(10-13-20)26(30)31)28(37)34-33-27(36)21-7-5-6-8-22(21)29/h5-14,17,25,32H,4,15-16H2,1-3H3,(H3,30,31)(H,33,36)(H,34,37). The highest BCUT2D eigenvalue weighted by Crippen LogP contribution is 2.32. The van der Waals surface area contributed by atoms with Crippen molar-refractivity contribution in [2.45, 2.75) is 13.0 Å². The summed E-state index contributed by atoms with van der Waals surface area (Å²) in [7, 11) is 3.91. The Morgan fingerprint density at radius 1 is 1.00 bits per heavy atom. The molecule has 3 aromatic carbocycles. The molecule has 11 heteroatoms. The summed E-state index contributed by atoms with van der Waals surface area (Å²) in [6.45, 7) is 3.45. The smallest absolute Gasteiger partial charge is 0.271 e. The Labute approximate surface area is 232 Å². The van der Waals surface area contributed by atoms with E-state index >= 15 is 0 Å². The third-order valence-corrected chi connectivity index (χ3v) is 5.91. The van der Waals surface area contributed by atoms with Gasteiger partial charge in [0.2, 0.25) is 0 Å². The maximum atomic E-state index is 13.4. The molecule has 3 rings (SSSR count). The number of amidine groups is 1. The zero-order valence-corrected chi connectivity index (χ0v) is 22.8. The monoisotopic (exact) mass is 552 g/mol. The van der Waals surface area contributed by atoms with Crippen LogP contribution in [0.5, 0.6) is 11.5 Å². The summed E-state index contributed by atoms with van der Waals surface area (Å²) in [6, 6.07) is 17.6. The molecule has 6 N–H and O–H groups in total. The molecule has 0 aliphatic rings. The van der Waals surface area contributed by atoms with E-state index in [4.69, 9.17) is 32.2 Å². The molecule has 10 nitrogen and oxygen atoms in total. The molecule has 2 amide bonds. The number of nitrogens with one attached hydrogen (secondary N) is 4. The van der Waals surface area contributed by atoms with Crippen LogP contribution in [0.2, 0.25) is 5.02 Å². The number of hydrogen-bond acceptors (Lipinski definition) is 7. The van der Waals surface area contributed by atoms with Gasteiger partial charge in [0.25, 0.3) is 11.8 Å². The molecule has 1 unspecified atom stereocenters. The minimum Gasteiger partial charge on any atom is -0.490 e. The molecule has 0 aliphatic carbocycles. The van der Waals surface area contributed by atoms with Crippen LogP contribution in [0, 0.1) is 5.41 Å². The number of ether oxygens (including phenoxy) is 2. The SMILES string of the molecule is CCOc1cc(C(Nc2ccc(C(=N)N)cc2)C(=O)NNC(=O)c2ccccc2Cl)ccc1OCCN(C)C. The Morgan fingerprint density at radius 3 is 2.36 bits per heavy atom. The number of hydrogen-bond donors (Lipinski definition) is 5. The van der Waals surface area contributed by atoms with Crippen molar-refractivity contribution in [1.29, 1.82) is 5.41 Å². The molecule has 0 radical (unpaired) electrons. The first kappa shape index (κ1) is 29.3. The highest BCUT2D eigenvalue weighted by molar-refractivity contribution is 6.33. The molecule has 0 fully saturated rings. The lowest BCUT2D eigenvalue weighted by molar-refractivity contribution is -0.122. The maximum absolute atomic E-state index is 13.4. The van der Waals surface area contributed by atoms with Gasteiger partial charge in [0.05, 0.1) is 17.2 Å². The first-order valence-corrected chi connectivity index (χ1v) is 12.7. The van der Waals surface area contributed by atoms with Gasteiger partial charge in [-0.05, 0) is 75.1 Å². The molecule has 0 heterocycles. The predicted molar refractivity (Wildman–Crippen MR) is 153 cm³/mol. The van der Waals surface area contributed by atoms with E-state index in [0.717, 1.165) is 6.54 Å². The number of carbonyl (C=O) groups is 2. The van der Waals surface area contributed by atoms with Crippen molar-refractivity contribution in [3.63, 3.8) is 0 Å². The normalized spacial score (nSPS) is 11.4. The molecule has 0 spiro atoms. The largest absolute Gasteiger partial charge is 0.490 e. The highest BCUT2D eigenvalue weighted by atomic mass is 35.5. The van der Waals surface area contributed by atoms with Gasteiger partial charge >= 0.3 is 0 Å². The van der Waals surface area contributed by atoms with Gasteiger partial charge in [-0.1, -0.05) is 29.8 Å². The van der Waals surface area contributed by atoms with Crippen LogP contribution in [0.25, 0.3) is 0 Å². The van der Waals surface area contributed by atoms with Crippen LogP contribution >= 0.6 is 11.6 Å². The molecular weight excluding hydrogens is 520 g/mol. The molecule has 206 valence electrons. The quantitative estimate of drug-likeness (QED) is 0.131. The van der Waals surface area contributed by atoms with Crippen LogP contribution in [0.15, 0.2) is 66.7 Å². The van der Waals surface area contributed by atoms with Gasteiger partial charge in [0.1, 0.15) is 18.5 Å². The second-order valence-electron chi connectivity index (χ2n) is 8.78. The van der Waals surface area contributed by atoms with Crippen molar-refractivity contribution in [3.05, 3.63) is 88.4 Å². The second kappa shape index (κ2) is 14.0. The van der Waals surface area contributed by atoms with Crippen molar-refractivity contribution in [1.82, 2.24) is 15.8 Å². The van der Waals surface area contributed by atoms with Crippen LogP contribution in [-0.2, 0) is 4.79 Å². The average Bonchev–Trinajstić information content (AvgIpc) is 2.91. The minimum absolute atomic E-state index is 0.0654. The van der Waals surface area contributed by atoms with E-state index in [1.54, 1.807) is 66.7 Å². The Morgan fingerprint density at radius 2 is 1.72 bits per heavy atom. The van der Waals surface area contributed by atoms with Gasteiger partial charge in [-0.3, -0.25) is 25.8 Å². The second-order valence-corrected chi connectivity index (χ2v) is 9.19. The lowest BCUT2D eigenvalue weighted by Crippen LogP contribution is -2.45. The molecule has 0 aromatic heterocycles. The van der Waals surface area contributed by atoms with E-state index in [1.165, 1.54) is 0 Å². The summed E-state index contributed by atoms with van der Waals surface area (Å²) in [6.07, 6.45) is 0. The van der Waals surface area contributed by atoms with Gasteiger partial charge < -0.3 is 25.4 Å². The fraction of sp³-hybridized carbons (Fsp3) is 0.250. The van der Waals surface area contributed by atoms with Crippen LogP contribution in [-0.4, -0.2) is 56.4 Å². The fourth-order valence-electron chi connectivity index (χ4n) is 3.55. The number of rotatable bonds is 12. The number of likely N-dealkylation sites (N-methyl/N-ethyl adjacent to an activating group) is 1. The molecule has 0 saturated heterocycles. The number of hydrazine groups is 1. The number of halogens is 1. The van der Waals surface area contributed by atoms with E-state index < -0.39 is 17.9 Å². The Kier molecular flexibility index (Phi) is 10.5. The van der Waals surface area contributed by atoms with E-state index in [1.807, 2.05) is 25.9 Å². The molecule has 39 heavy (non-hydrogen) atoms. The molecular formula is C28H33ClN6O4. The lowest BCUT2D eigenvalue weighted by atomic mass is 10.0. The summed E-state index contributed by atoms with van der Waals surface area (Å²) >= 11 is 6.11. The number of nitrogens with two attached hydrogens (primary N) is 1. The number of carbonyl (C=O) groups excluding carboxylic acids is 2. The fourth-order valence-corrected chi connectivity index (χ4v) is 3.77. The Hall–Kier alpha value is -4.28. The molecule has 1 atom stereocenters. The topological polar surface area (TPSA) is 142 Å². The first-order valence-electron chi connectivity index (χ1n) is 12.3. The molecule has 0 aliphatic heterocycles. The number of nitrogens with zero attached hydrogens (tertiary/aromatic N) is 1. The van der Waals surface area contributed by atoms with Crippen molar-refractivity contribution < 1.29 is 19.1 Å². The summed E-state index contributed by atoms with van der Waals surface area (Å²) in [5.74, 6) is -0.114. The van der Waals surface area contributed by atoms with Crippen molar-refractivity contribution >= 4 is 34.9 Å². The zero-order valence-electron chi connectivity index (χ0n) is 22.1. The number of anilines is 1. The van der Waals surface area contributed by atoms with E-state index in [-0.39, 0.29) is 16.4 Å². The molecule has 0 saturated carbocycles. The Balaban J connectivity index is 1.87. The van der Waals surface area contributed by atoms with Gasteiger partial charge in [-0.15, -0.1) is 0 Å². The first-order chi connectivity index (χ1) is 18.7. The summed E-state index contributed by atoms with van der Waals surface area (Å²) in [5.41, 5.74) is 12.4. The number of nitrogen functional groups attached to an aromatic ring is 1. The van der Waals surface area contributed by atoms with Crippen molar-refractivity contribution in [2.75, 3.05) is 39.2 Å². The van der Waals surface area contributed by atoms with E-state index in [2.05, 4.69) is 16.2 Å². The third-order valence-electron chi connectivity index (χ3n) is 5.58. The molecule has 3 aromatic rings. The van der Waals surface area contributed by atoms with Gasteiger partial charge in [0, 0.05) is 17.8 Å². The minimum atomic E-state index is -0.935. The van der Waals surface area contributed by atoms with Crippen LogP contribution in [0.4, 0.5) is 5.69 Å². The molecule has 0 bridgehead atoms. The maximum Gasteiger partial charge on any atom is 0.271 e. The predicted octanol–water partition coefficient (Wildman–Crippen LogP) is 3.58. The third kappa shape index (κ3) is 8.36. The van der Waals surface area contributed by atoms with Gasteiger partial charge in [-0.25, -0.2) is 0 Å². The van der Waals surface area contributed by atoms with Crippen molar-refractivity contribution in [2.24, 2.45) is 5.73 Å². The van der Waals surface area contributed by atoms with Crippen LogP contribution < -0.4 is 31.4 Å². The van der Waals surface area contributed by atoms with Gasteiger partial charge in [-0.2, -0.15) is 0 Å². The van der Waals surface area contributed by atoms with Crippen LogP contribution in [0.1, 0.15) is 34.5 Å². The van der Waals surface area contributed by atoms with Crippen LogP contribution in [0.3, 0.4) is 0 Å². The van der Waals surface area contributed by atoms with E-state index in [0.29, 0.717) is 41.5 Å². The van der Waals surface area contributed by atoms with Crippen molar-refractivity contribution in [3.8, 4) is 11.5 Å². The number of benzene rings is 3.